The maximum absolute atomic E-state index is 5.32. The fourth-order valence-electron chi connectivity index (χ4n) is 2.59. The maximum atomic E-state index is 5.32. The van der Waals surface area contributed by atoms with Gasteiger partial charge in [0.2, 0.25) is 5.89 Å². The lowest BCUT2D eigenvalue weighted by Gasteiger charge is -2.05. The number of nitrogens with one attached hydrogen (secondary N) is 1. The topological polar surface area (TPSA) is 51.0 Å². The fourth-order valence-corrected chi connectivity index (χ4v) is 2.59. The van der Waals surface area contributed by atoms with Crippen molar-refractivity contribution in [2.45, 2.75) is 52.0 Å². The molecule has 1 saturated carbocycles. The smallest absolute Gasteiger partial charge is 0.226 e. The highest BCUT2D eigenvalue weighted by Gasteiger charge is 2.23. The van der Waals surface area contributed by atoms with Crippen LogP contribution in [0.25, 0.3) is 0 Å². The molecule has 0 spiro atoms. The highest BCUT2D eigenvalue weighted by atomic mass is 35.5. The molecule has 18 heavy (non-hydrogen) atoms. The Hall–Kier alpha value is -0.610. The van der Waals surface area contributed by atoms with Crippen LogP contribution in [0, 0.1) is 11.8 Å². The van der Waals surface area contributed by atoms with E-state index in [4.69, 9.17) is 4.52 Å². The summed E-state index contributed by atoms with van der Waals surface area (Å²) in [7, 11) is 1.95. The SMILES string of the molecule is CNC(C)Cc1noc(CC2CCC(C)C2)n1.Cl. The van der Waals surface area contributed by atoms with Crippen LogP contribution in [0.4, 0.5) is 0 Å². The zero-order valence-electron chi connectivity index (χ0n) is 11.5. The van der Waals surface area contributed by atoms with Crippen molar-refractivity contribution in [3.8, 4) is 0 Å². The van der Waals surface area contributed by atoms with Crippen molar-refractivity contribution in [2.24, 2.45) is 11.8 Å². The van der Waals surface area contributed by atoms with E-state index in [1.165, 1.54) is 19.3 Å². The van der Waals surface area contributed by atoms with E-state index in [2.05, 4.69) is 29.3 Å². The molecule has 1 aliphatic rings. The van der Waals surface area contributed by atoms with Crippen LogP contribution in [0.15, 0.2) is 4.52 Å². The predicted octanol–water partition coefficient (Wildman–Crippen LogP) is 2.62. The van der Waals surface area contributed by atoms with E-state index in [0.717, 1.165) is 36.4 Å². The molecule has 0 bridgehead atoms. The Labute approximate surface area is 115 Å². The molecule has 4 nitrogen and oxygen atoms in total. The lowest BCUT2D eigenvalue weighted by atomic mass is 10.0. The van der Waals surface area contributed by atoms with Crippen molar-refractivity contribution in [3.63, 3.8) is 0 Å². The highest BCUT2D eigenvalue weighted by Crippen LogP contribution is 2.32. The van der Waals surface area contributed by atoms with Gasteiger partial charge in [0.05, 0.1) is 0 Å². The second-order valence-corrected chi connectivity index (χ2v) is 5.49. The van der Waals surface area contributed by atoms with Gasteiger partial charge in [-0.05, 0) is 38.6 Å². The van der Waals surface area contributed by atoms with Gasteiger partial charge in [-0.2, -0.15) is 4.98 Å². The van der Waals surface area contributed by atoms with Crippen LogP contribution in [0.2, 0.25) is 0 Å². The Bertz CT molecular complexity index is 356. The molecule has 0 amide bonds. The van der Waals surface area contributed by atoms with E-state index < -0.39 is 0 Å². The first-order valence-electron chi connectivity index (χ1n) is 6.66. The van der Waals surface area contributed by atoms with E-state index in [1.54, 1.807) is 0 Å². The van der Waals surface area contributed by atoms with E-state index in [0.29, 0.717) is 6.04 Å². The minimum atomic E-state index is 0. The third-order valence-electron chi connectivity index (χ3n) is 3.76. The summed E-state index contributed by atoms with van der Waals surface area (Å²) in [6, 6.07) is 0.395. The summed E-state index contributed by atoms with van der Waals surface area (Å²) in [6.45, 7) is 4.45. The van der Waals surface area contributed by atoms with Crippen molar-refractivity contribution < 1.29 is 4.52 Å². The van der Waals surface area contributed by atoms with Gasteiger partial charge in [-0.1, -0.05) is 18.5 Å². The number of halogens is 1. The Morgan fingerprint density at radius 1 is 1.44 bits per heavy atom. The molecular weight excluding hydrogens is 250 g/mol. The first kappa shape index (κ1) is 15.4. The van der Waals surface area contributed by atoms with Gasteiger partial charge < -0.3 is 9.84 Å². The van der Waals surface area contributed by atoms with Crippen LogP contribution >= 0.6 is 12.4 Å². The monoisotopic (exact) mass is 273 g/mol. The van der Waals surface area contributed by atoms with Gasteiger partial charge in [0.15, 0.2) is 5.82 Å². The van der Waals surface area contributed by atoms with Gasteiger partial charge in [-0.25, -0.2) is 0 Å². The third-order valence-corrected chi connectivity index (χ3v) is 3.76. The molecule has 3 unspecified atom stereocenters. The summed E-state index contributed by atoms with van der Waals surface area (Å²) in [5, 5.41) is 7.22. The van der Waals surface area contributed by atoms with Gasteiger partial charge in [-0.15, -0.1) is 12.4 Å². The molecule has 1 heterocycles. The van der Waals surface area contributed by atoms with Gasteiger partial charge in [-0.3, -0.25) is 0 Å². The van der Waals surface area contributed by atoms with Gasteiger partial charge in [0, 0.05) is 18.9 Å². The van der Waals surface area contributed by atoms with E-state index in [1.807, 2.05) is 7.05 Å². The molecule has 1 aliphatic carbocycles. The van der Waals surface area contributed by atoms with Crippen LogP contribution in [-0.4, -0.2) is 23.2 Å². The summed E-state index contributed by atoms with van der Waals surface area (Å²) in [4.78, 5) is 4.47. The van der Waals surface area contributed by atoms with Crippen LogP contribution in [0.1, 0.15) is 44.8 Å². The average Bonchev–Trinajstić information content (AvgIpc) is 2.89. The summed E-state index contributed by atoms with van der Waals surface area (Å²) >= 11 is 0. The van der Waals surface area contributed by atoms with E-state index in [-0.39, 0.29) is 12.4 Å². The van der Waals surface area contributed by atoms with E-state index >= 15 is 0 Å². The lowest BCUT2D eigenvalue weighted by Crippen LogP contribution is -2.24. The molecular formula is C13H24ClN3O. The molecule has 2 rings (SSSR count). The third kappa shape index (κ3) is 4.25. The number of hydrogen-bond donors (Lipinski definition) is 1. The Kier molecular flexibility index (Phi) is 6.09. The molecule has 5 heteroatoms. The number of rotatable bonds is 5. The lowest BCUT2D eigenvalue weighted by molar-refractivity contribution is 0.346. The molecule has 104 valence electrons. The first-order chi connectivity index (χ1) is 8.17. The van der Waals surface area contributed by atoms with Crippen molar-refractivity contribution in [1.29, 1.82) is 0 Å². The number of aromatic nitrogens is 2. The van der Waals surface area contributed by atoms with Crippen LogP contribution in [-0.2, 0) is 12.8 Å². The highest BCUT2D eigenvalue weighted by molar-refractivity contribution is 5.85. The van der Waals surface area contributed by atoms with Crippen LogP contribution in [0.3, 0.4) is 0 Å². The molecule has 1 N–H and O–H groups in total. The zero-order chi connectivity index (χ0) is 12.3. The van der Waals surface area contributed by atoms with Gasteiger partial charge in [0.1, 0.15) is 0 Å². The van der Waals surface area contributed by atoms with Crippen LogP contribution < -0.4 is 5.32 Å². The molecule has 0 saturated heterocycles. The summed E-state index contributed by atoms with van der Waals surface area (Å²) < 4.78 is 5.32. The molecule has 0 radical (unpaired) electrons. The second-order valence-electron chi connectivity index (χ2n) is 5.49. The zero-order valence-corrected chi connectivity index (χ0v) is 12.3. The summed E-state index contributed by atoms with van der Waals surface area (Å²) in [5.74, 6) is 3.27. The van der Waals surface area contributed by atoms with Crippen molar-refractivity contribution in [1.82, 2.24) is 15.5 Å². The molecule has 3 atom stereocenters. The van der Waals surface area contributed by atoms with Crippen molar-refractivity contribution in [3.05, 3.63) is 11.7 Å². The summed E-state index contributed by atoms with van der Waals surface area (Å²) in [5.41, 5.74) is 0. The minimum absolute atomic E-state index is 0. The van der Waals surface area contributed by atoms with Crippen molar-refractivity contribution in [2.75, 3.05) is 7.05 Å². The Morgan fingerprint density at radius 2 is 2.22 bits per heavy atom. The Balaban J connectivity index is 0.00000162. The number of hydrogen-bond acceptors (Lipinski definition) is 4. The minimum Gasteiger partial charge on any atom is -0.339 e. The number of nitrogens with zero attached hydrogens (tertiary/aromatic N) is 2. The molecule has 0 aliphatic heterocycles. The Morgan fingerprint density at radius 3 is 2.83 bits per heavy atom. The molecule has 1 aromatic rings. The normalized spacial score (nSPS) is 24.8. The standard InChI is InChI=1S/C13H23N3O.ClH/c1-9-4-5-11(6-9)8-13-15-12(16-17-13)7-10(2)14-3;/h9-11,14H,4-8H2,1-3H3;1H. The largest absolute Gasteiger partial charge is 0.339 e. The molecule has 1 fully saturated rings. The van der Waals surface area contributed by atoms with Crippen molar-refractivity contribution >= 4 is 12.4 Å². The van der Waals surface area contributed by atoms with E-state index in [9.17, 15) is 0 Å². The fraction of sp³-hybridized carbons (Fsp3) is 0.846. The van der Waals surface area contributed by atoms with Crippen LogP contribution in [0.5, 0.6) is 0 Å². The predicted molar refractivity (Wildman–Crippen MR) is 74.0 cm³/mol. The molecule has 0 aromatic carbocycles. The van der Waals surface area contributed by atoms with Gasteiger partial charge >= 0.3 is 0 Å². The molecule has 1 aromatic heterocycles. The quantitative estimate of drug-likeness (QED) is 0.896. The average molecular weight is 274 g/mol. The number of likely N-dealkylation sites (N-methyl/N-ethyl adjacent to an activating group) is 1. The first-order valence-corrected chi connectivity index (χ1v) is 6.66. The second kappa shape index (κ2) is 7.10. The maximum Gasteiger partial charge on any atom is 0.226 e. The summed E-state index contributed by atoms with van der Waals surface area (Å²) in [6.07, 6.45) is 5.77. The van der Waals surface area contributed by atoms with Gasteiger partial charge in [0.25, 0.3) is 0 Å².